The minimum absolute atomic E-state index is 0.0988. The highest BCUT2D eigenvalue weighted by Crippen LogP contribution is 2.43. The van der Waals surface area contributed by atoms with Gasteiger partial charge in [-0.1, -0.05) is 41.5 Å². The van der Waals surface area contributed by atoms with Gasteiger partial charge in [-0.05, 0) is 55.9 Å². The molecule has 0 saturated heterocycles. The van der Waals surface area contributed by atoms with Crippen LogP contribution >= 0.6 is 0 Å². The third-order valence-electron chi connectivity index (χ3n) is 6.74. The van der Waals surface area contributed by atoms with E-state index in [-0.39, 0.29) is 28.4 Å². The van der Waals surface area contributed by atoms with Crippen molar-refractivity contribution in [1.82, 2.24) is 0 Å². The van der Waals surface area contributed by atoms with Gasteiger partial charge in [-0.15, -0.1) is 0 Å². The Hall–Kier alpha value is 0.491. The molecule has 28 heavy (non-hydrogen) atoms. The molecule has 0 aromatic heterocycles. The highest BCUT2D eigenvalue weighted by Gasteiger charge is 2.49. The lowest BCUT2D eigenvalue weighted by atomic mass is 9.90. The first-order chi connectivity index (χ1) is 12.2. The first-order valence-electron chi connectivity index (χ1n) is 10.9. The summed E-state index contributed by atoms with van der Waals surface area (Å²) < 4.78 is 20.3. The molecule has 1 aliphatic carbocycles. The fraction of sp³-hybridized carbons (Fsp3) is 1.00. The van der Waals surface area contributed by atoms with Crippen LogP contribution in [0.2, 0.25) is 55.9 Å². The Morgan fingerprint density at radius 3 is 1.21 bits per heavy atom. The number of hydrogen-bond acceptors (Lipinski definition) is 4. The normalized spacial score (nSPS) is 28.5. The van der Waals surface area contributed by atoms with Gasteiger partial charge in [0.05, 0.1) is 24.4 Å². The third-order valence-corrected chi connectivity index (χ3v) is 16.7. The van der Waals surface area contributed by atoms with E-state index in [0.29, 0.717) is 12.8 Å². The summed E-state index contributed by atoms with van der Waals surface area (Å²) in [5, 5.41) is 10.9. The van der Waals surface area contributed by atoms with Crippen LogP contribution in [0.3, 0.4) is 0 Å². The molecular weight excluding hydrogens is 400 g/mol. The van der Waals surface area contributed by atoms with Crippen molar-refractivity contribution in [3.05, 3.63) is 0 Å². The van der Waals surface area contributed by atoms with Gasteiger partial charge in [0.2, 0.25) is 0 Å². The molecule has 0 spiro atoms. The zero-order chi connectivity index (χ0) is 22.3. The predicted molar refractivity (Wildman–Crippen MR) is 128 cm³/mol. The van der Waals surface area contributed by atoms with Crippen LogP contribution in [0.1, 0.15) is 54.4 Å². The molecule has 1 rings (SSSR count). The summed E-state index contributed by atoms with van der Waals surface area (Å²) in [6.45, 7) is 29.4. The van der Waals surface area contributed by atoms with Gasteiger partial charge in [0.15, 0.2) is 25.0 Å². The quantitative estimate of drug-likeness (QED) is 0.496. The average molecular weight is 449 g/mol. The van der Waals surface area contributed by atoms with E-state index in [1.165, 1.54) is 0 Å². The second-order valence-corrected chi connectivity index (χ2v) is 26.6. The monoisotopic (exact) mass is 448 g/mol. The lowest BCUT2D eigenvalue weighted by Crippen LogP contribution is -2.60. The van der Waals surface area contributed by atoms with Crippen molar-refractivity contribution in [2.24, 2.45) is 0 Å². The molecule has 2 unspecified atom stereocenters. The zero-order valence-corrected chi connectivity index (χ0v) is 23.9. The van der Waals surface area contributed by atoms with Gasteiger partial charge in [0.1, 0.15) is 0 Å². The summed E-state index contributed by atoms with van der Waals surface area (Å²) in [5.74, 6) is 0. The van der Waals surface area contributed by atoms with E-state index in [9.17, 15) is 5.11 Å². The van der Waals surface area contributed by atoms with Crippen LogP contribution in [-0.2, 0) is 13.3 Å². The molecule has 4 atom stereocenters. The minimum Gasteiger partial charge on any atom is -0.411 e. The van der Waals surface area contributed by atoms with Crippen LogP contribution < -0.4 is 0 Å². The van der Waals surface area contributed by atoms with Crippen molar-refractivity contribution in [2.45, 2.75) is 135 Å². The predicted octanol–water partition coefficient (Wildman–Crippen LogP) is 6.14. The van der Waals surface area contributed by atoms with Crippen LogP contribution in [0.25, 0.3) is 0 Å². The smallest absolute Gasteiger partial charge is 0.192 e. The van der Waals surface area contributed by atoms with Gasteiger partial charge in [0, 0.05) is 12.8 Å². The van der Waals surface area contributed by atoms with Crippen LogP contribution in [0.15, 0.2) is 0 Å². The second-order valence-electron chi connectivity index (χ2n) is 12.7. The van der Waals surface area contributed by atoms with Crippen molar-refractivity contribution in [3.63, 3.8) is 0 Å². The molecule has 0 aromatic carbocycles. The first-order valence-corrected chi connectivity index (χ1v) is 20.1. The van der Waals surface area contributed by atoms with Gasteiger partial charge < -0.3 is 18.4 Å². The Morgan fingerprint density at radius 1 is 0.643 bits per heavy atom. The highest BCUT2D eigenvalue weighted by atomic mass is 28.4. The molecule has 1 N–H and O–H groups in total. The fourth-order valence-corrected chi connectivity index (χ4v) is 6.84. The van der Waals surface area contributed by atoms with Gasteiger partial charge in [-0.2, -0.15) is 0 Å². The summed E-state index contributed by atoms with van der Waals surface area (Å²) in [4.78, 5) is 0. The molecule has 168 valence electrons. The molecule has 0 heterocycles. The number of aliphatic hydroxyl groups is 1. The number of hydrogen-bond donors (Lipinski definition) is 1. The molecular formula is C21H48O4Si3. The summed E-state index contributed by atoms with van der Waals surface area (Å²) in [7, 11) is -5.77. The maximum atomic E-state index is 10.7. The average Bonchev–Trinajstić information content (AvgIpc) is 2.38. The largest absolute Gasteiger partial charge is 0.411 e. The van der Waals surface area contributed by atoms with E-state index >= 15 is 0 Å². The molecule has 1 saturated carbocycles. The van der Waals surface area contributed by atoms with Crippen molar-refractivity contribution in [2.75, 3.05) is 0 Å². The van der Waals surface area contributed by atoms with Gasteiger partial charge in [-0.3, -0.25) is 0 Å². The zero-order valence-electron chi connectivity index (χ0n) is 20.9. The molecule has 1 fully saturated rings. The standard InChI is InChI=1S/C21H48O4Si3/c1-20(2,3)27(10,11)23-17-14-16(22)15-18(19(17)25-26(7,8)9)24-28(12,13)21(4,5)6/h16-19,22H,14-15H2,1-13H3/t16?,17-,18+,19?. The lowest BCUT2D eigenvalue weighted by molar-refractivity contribution is -0.0985. The Labute approximate surface area is 178 Å². The topological polar surface area (TPSA) is 47.9 Å². The first kappa shape index (κ1) is 26.5. The molecule has 0 amide bonds. The van der Waals surface area contributed by atoms with Crippen LogP contribution in [-0.4, -0.2) is 54.5 Å². The molecule has 0 aliphatic heterocycles. The maximum Gasteiger partial charge on any atom is 0.192 e. The SMILES string of the molecule is CC(C)(C)[Si](C)(C)O[C@H]1CC(O)C[C@@H](O[Si](C)(C)C(C)(C)C)C1O[Si](C)(C)C. The molecule has 0 radical (unpaired) electrons. The van der Waals surface area contributed by atoms with Crippen LogP contribution in [0, 0.1) is 0 Å². The second kappa shape index (κ2) is 8.55. The van der Waals surface area contributed by atoms with E-state index in [1.807, 2.05) is 0 Å². The van der Waals surface area contributed by atoms with E-state index in [1.54, 1.807) is 0 Å². The lowest BCUT2D eigenvalue weighted by Gasteiger charge is -2.50. The Balaban J connectivity index is 3.23. The van der Waals surface area contributed by atoms with Gasteiger partial charge >= 0.3 is 0 Å². The number of rotatable bonds is 6. The van der Waals surface area contributed by atoms with E-state index in [2.05, 4.69) is 87.4 Å². The Morgan fingerprint density at radius 2 is 0.964 bits per heavy atom. The molecule has 7 heteroatoms. The molecule has 1 aliphatic rings. The van der Waals surface area contributed by atoms with Crippen LogP contribution in [0.4, 0.5) is 0 Å². The van der Waals surface area contributed by atoms with Crippen molar-refractivity contribution in [3.8, 4) is 0 Å². The summed E-state index contributed by atoms with van der Waals surface area (Å²) in [6.07, 6.45) is 0.569. The Kier molecular flexibility index (Phi) is 8.10. The van der Waals surface area contributed by atoms with Crippen molar-refractivity contribution < 1.29 is 18.4 Å². The van der Waals surface area contributed by atoms with Gasteiger partial charge in [0.25, 0.3) is 0 Å². The molecule has 4 nitrogen and oxygen atoms in total. The van der Waals surface area contributed by atoms with E-state index < -0.39 is 31.1 Å². The minimum atomic E-state index is -1.98. The summed E-state index contributed by atoms with van der Waals surface area (Å²) in [6, 6.07) is 0. The van der Waals surface area contributed by atoms with Crippen molar-refractivity contribution >= 4 is 25.0 Å². The fourth-order valence-electron chi connectivity index (χ4n) is 3.04. The molecule has 0 aromatic rings. The van der Waals surface area contributed by atoms with Gasteiger partial charge in [-0.25, -0.2) is 0 Å². The molecule has 0 bridgehead atoms. The maximum absolute atomic E-state index is 10.7. The van der Waals surface area contributed by atoms with Crippen molar-refractivity contribution in [1.29, 1.82) is 0 Å². The van der Waals surface area contributed by atoms with E-state index in [0.717, 1.165) is 0 Å². The summed E-state index contributed by atoms with van der Waals surface area (Å²) >= 11 is 0. The Bertz CT molecular complexity index is 477. The number of aliphatic hydroxyl groups excluding tert-OH is 1. The third kappa shape index (κ3) is 7.03. The highest BCUT2D eigenvalue weighted by molar-refractivity contribution is 6.74. The van der Waals surface area contributed by atoms with Crippen LogP contribution in [0.5, 0.6) is 0 Å². The van der Waals surface area contributed by atoms with E-state index in [4.69, 9.17) is 13.3 Å². The summed E-state index contributed by atoms with van der Waals surface area (Å²) in [5.41, 5.74) is 0.